The molecule has 1 aromatic heterocycles. The minimum Gasteiger partial charge on any atom is -2.00 e. The Morgan fingerprint density at radius 2 is 0.463 bits per heavy atom. The number of phosphoric acid groups is 1. The van der Waals surface area contributed by atoms with Crippen LogP contribution in [-0.4, -0.2) is 55.9 Å². The summed E-state index contributed by atoms with van der Waals surface area (Å²) in [6.07, 6.45) is 0. The average Bonchev–Trinajstić information content (AvgIpc) is 2.48. The molecule has 0 saturated heterocycles. The van der Waals surface area contributed by atoms with Crippen molar-refractivity contribution >= 4 is 31.3 Å². The molecule has 71 heteroatoms. The number of nitrogens with one attached hydrogen (secondary N) is 2. The first-order valence-electron chi connectivity index (χ1n) is 6.30. The van der Waals surface area contributed by atoms with E-state index in [1.165, 1.54) is 0 Å². The fourth-order valence-corrected chi connectivity index (χ4v) is 1.23. The Morgan fingerprint density at radius 1 is 0.366 bits per heavy atom. The number of hydrazone groups is 2. The van der Waals surface area contributed by atoms with Crippen LogP contribution in [0.3, 0.4) is 0 Å². The Kier molecular flexibility index (Phi) is 4250. The van der Waals surface area contributed by atoms with E-state index in [0.717, 1.165) is 0 Å². The van der Waals surface area contributed by atoms with E-state index in [1.807, 2.05) is 0 Å². The van der Waals surface area contributed by atoms with Crippen molar-refractivity contribution in [2.24, 2.45) is 21.7 Å². The second-order valence-corrected chi connectivity index (χ2v) is 5.10. The number of hydrogen-bond donors (Lipinski definition) is 4. The monoisotopic (exact) mass is 2430 g/mol. The largest absolute Gasteiger partial charge is 3.00 e. The third-order valence-corrected chi connectivity index (χ3v) is 2.16. The maximum Gasteiger partial charge on any atom is 3.00 e. The maximum atomic E-state index is 10.6. The molecule has 0 atom stereocenters. The van der Waals surface area contributed by atoms with E-state index in [0.29, 0.717) is 22.8 Å². The average molecular weight is 2410 g/mol. The van der Waals surface area contributed by atoms with Crippen molar-refractivity contribution in [2.75, 3.05) is 0 Å². The Bertz CT molecular complexity index is 769. The summed E-state index contributed by atoms with van der Waals surface area (Å²) in [5.41, 5.74) is 16.1. The molecule has 0 unspecified atom stereocenters. The van der Waals surface area contributed by atoms with E-state index in [-0.39, 0.29) is 532 Å². The van der Waals surface area contributed by atoms with Gasteiger partial charge in [-0.2, -0.15) is 18.0 Å². The number of primary amides is 2. The van der Waals surface area contributed by atoms with Crippen LogP contribution in [0.2, 0.25) is 0 Å². The van der Waals surface area contributed by atoms with E-state index in [4.69, 9.17) is 30.7 Å². The fraction of sp³-hybridized carbons (Fsp3) is 0.182. The quantitative estimate of drug-likeness (QED) is 0.0741. The summed E-state index contributed by atoms with van der Waals surface area (Å²) < 4.78 is 8.55. The summed E-state index contributed by atoms with van der Waals surface area (Å²) in [7, 11) is -5.39. The maximum absolute atomic E-state index is 10.6. The van der Waals surface area contributed by atoms with Crippen molar-refractivity contribution in [1.82, 2.24) is 15.8 Å². The summed E-state index contributed by atoms with van der Waals surface area (Å²) >= 11 is 0. The summed E-state index contributed by atoms with van der Waals surface area (Å²) in [6, 6.07) is 3.64. The molecule has 1 heterocycles. The van der Waals surface area contributed by atoms with Crippen LogP contribution < -0.4 is 37.0 Å². The normalized spacial score (nSPS) is 3.62. The van der Waals surface area contributed by atoms with Gasteiger partial charge in [0.2, 0.25) is 0 Å². The van der Waals surface area contributed by atoms with Gasteiger partial charge < -0.3 is 272 Å². The van der Waals surface area contributed by atoms with Gasteiger partial charge in [0, 0.05) is 253 Å². The molecule has 82 heavy (non-hydrogen) atoms. The van der Waals surface area contributed by atoms with E-state index in [9.17, 15) is 9.59 Å². The van der Waals surface area contributed by atoms with Crippen LogP contribution in [0.4, 0.5) is 9.59 Å². The molecule has 1 aromatic rings. The van der Waals surface area contributed by atoms with Gasteiger partial charge in [-0.05, 0) is 26.0 Å². The molecule has 0 aliphatic carbocycles. The molecule has 0 spiro atoms. The van der Waals surface area contributed by atoms with Gasteiger partial charge in [-0.25, -0.2) is 25.4 Å². The second kappa shape index (κ2) is 455. The Morgan fingerprint density at radius 3 is 0.549 bits per heavy atom. The van der Waals surface area contributed by atoms with Crippen LogP contribution in [0.15, 0.2) is 28.4 Å². The van der Waals surface area contributed by atoms with Crippen LogP contribution in [0, 0.1) is 38.2 Å². The van der Waals surface area contributed by atoms with Gasteiger partial charge in [-0.3, -0.25) is 0 Å². The fourth-order valence-electron chi connectivity index (χ4n) is 1.23. The van der Waals surface area contributed by atoms with E-state index < -0.39 is 19.9 Å². The Labute approximate surface area is 664 Å². The van der Waals surface area contributed by atoms with E-state index >= 15 is 0 Å². The zero-order valence-corrected chi connectivity index (χ0v) is 64.3. The topological polar surface area (TPSA) is 1520 Å². The minimum absolute atomic E-state index is 0. The minimum atomic E-state index is -5.39. The van der Waals surface area contributed by atoms with Gasteiger partial charge in [0.1, 0.15) is 0 Å². The predicted molar refractivity (Wildman–Crippen MR) is 139 cm³/mol. The van der Waals surface area contributed by atoms with Gasteiger partial charge in [-0.1, -0.05) is 6.07 Å². The molecule has 0 fully saturated rings. The number of rotatable bonds is 4. The van der Waals surface area contributed by atoms with Gasteiger partial charge >= 0.3 is 50.2 Å². The van der Waals surface area contributed by atoms with Crippen molar-refractivity contribution in [2.45, 2.75) is 13.8 Å². The van der Waals surface area contributed by atoms with Crippen LogP contribution in [-0.2, 0) is 471 Å². The summed E-state index contributed by atoms with van der Waals surface area (Å²) in [6.45, 7) is 3.33. The van der Waals surface area contributed by atoms with Gasteiger partial charge in [0.05, 0.1) is 22.8 Å². The first-order chi connectivity index (χ1) is 11.4. The van der Waals surface area contributed by atoms with Crippen molar-refractivity contribution in [3.63, 3.8) is 0 Å². The van der Waals surface area contributed by atoms with Gasteiger partial charge in [0.25, 0.3) is 0 Å². The molecule has 0 aromatic carbocycles. The number of hydrogen-bond acceptors (Lipinski definition) is 9. The molecule has 0 bridgehead atoms. The van der Waals surface area contributed by atoms with Crippen molar-refractivity contribution in [1.29, 1.82) is 0 Å². The number of carbonyl (C=O) groups is 2. The van der Waals surface area contributed by atoms with Crippen LogP contribution in [0.1, 0.15) is 25.2 Å². The number of urea groups is 2. The number of nitrogens with two attached hydrogens (primary N) is 2. The van der Waals surface area contributed by atoms with E-state index in [2.05, 4.69) is 26.0 Å². The third-order valence-electron chi connectivity index (χ3n) is 2.16. The van der Waals surface area contributed by atoms with Crippen molar-refractivity contribution in [3.05, 3.63) is 29.6 Å². The molecular formula is C11H34DyMo12N7O50P-69. The molecule has 0 saturated carbocycles. The third kappa shape index (κ3) is 552. The molecule has 0 aliphatic rings. The van der Waals surface area contributed by atoms with Crippen LogP contribution in [0.5, 0.6) is 0 Å². The molecule has 25 N–H and O–H groups in total. The number of pyridine rings is 1. The molecule has 0 aliphatic heterocycles. The first kappa shape index (κ1) is 767. The van der Waals surface area contributed by atoms with Crippen molar-refractivity contribution < 1.29 is 561 Å². The van der Waals surface area contributed by atoms with Crippen LogP contribution in [0.25, 0.3) is 0 Å². The molecule has 569 valence electrons. The smallest absolute Gasteiger partial charge is 2.00 e. The summed E-state index contributed by atoms with van der Waals surface area (Å²) in [4.78, 5) is 51.1. The second-order valence-electron chi connectivity index (χ2n) is 4.20. The molecule has 57 nitrogen and oxygen atoms in total. The summed E-state index contributed by atoms with van der Waals surface area (Å²) in [5.74, 6) is 0. The zero-order chi connectivity index (χ0) is 19.6. The SMILES string of the molecule is C/C(=N\NC(N)=O)c1cccc(/C(C)=N/NC(N)=O)n1.O.O.O.O.O.O=P([O-])([O-])[O-].[Dy+3].[Mo].[Mo].[Mo].[Mo].[Mo].[Mo].[Mo].[Mo].[Mo].[Mo].[Mo].[Mo].[O-2].[O-2].[O-2].[O-2].[O-2].[O-2].[O-2].[O-2].[O-2].[O-2].[O-2].[O-2].[O-2].[O-2].[O-2].[O-2].[O-2].[O-2].[O-2].[O-2].[O-2].[O-2].[O-2].[O-2].[O-2].[O-2].[O-2].[O-2].[O-2].[O-2].[O-2].[O-2].[O-2].[O-2].[O-2].[O-2].[OH3+].[OH3+].[OH3+]. The predicted octanol–water partition coefficient (Wildman–Crippen LogP) is -14.2. The molecule has 4 amide bonds. The molecule has 1 radical (unpaired) electrons. The van der Waals surface area contributed by atoms with E-state index in [1.54, 1.807) is 32.0 Å². The van der Waals surface area contributed by atoms with Gasteiger partial charge in [-0.15, -0.1) is 0 Å². The number of aromatic nitrogens is 1. The number of carbonyl (C=O) groups excluding carboxylic acids is 2. The number of amides is 4. The summed E-state index contributed by atoms with van der Waals surface area (Å²) in [5, 5.41) is 7.54. The van der Waals surface area contributed by atoms with Gasteiger partial charge in [0.15, 0.2) is 0 Å². The Hall–Kier alpha value is 4.91. The molecular weight excluding hydrogens is 2370 g/mol. The Balaban J connectivity index is -0.00000000161. The number of nitrogens with zero attached hydrogens (tertiary/aromatic N) is 3. The first-order valence-corrected chi connectivity index (χ1v) is 7.76. The zero-order valence-electron chi connectivity index (χ0n) is 37.3. The van der Waals surface area contributed by atoms with Crippen molar-refractivity contribution in [3.8, 4) is 0 Å². The standard InChI is InChI=1S/C11H15N7O2.Dy.12Mo.H3O4P.8H2O.36O/c1-6(15-17-10(12)19)8-4-3-5-9(14-8)7(2)16-18-11(13)20;;;;;;;;;;;;;;1-5(2,3)4;;;;;;;;;;;;;;;;;;;;;;;;;;;;;;;;;;;;;;;;;;;;/h3-5H,1-2H3,(H3,12,17,19)(H3,13,18,20);;;;;;;;;;;;;;(H3,1,2,3,4);8*1H2;;;;;;;;;;;;;;;;;;;;;;;;;;;;;;;;;;;;/q;+3;;;;;;;;;;;;;;;;;;;;;;36*-2/b15-6+,16-7+;;;;;;;;;;;;;;;;;;;;;;;;;;;;;;;;;;;;;;;;;;;;;;;;;;;;;;;;;;. The molecule has 1 rings (SSSR count). The van der Waals surface area contributed by atoms with Crippen LogP contribution >= 0.6 is 7.82 Å².